The van der Waals surface area contributed by atoms with Crippen molar-refractivity contribution >= 4 is 11.8 Å². The molecule has 1 saturated heterocycles. The van der Waals surface area contributed by atoms with Crippen molar-refractivity contribution in [2.24, 2.45) is 5.92 Å². The maximum atomic E-state index is 12.7. The Balaban J connectivity index is 2.76. The van der Waals surface area contributed by atoms with Gasteiger partial charge in [-0.15, -0.1) is 0 Å². The molecule has 0 spiro atoms. The molecular formula is C16H30N2O3. The first-order valence-electron chi connectivity index (χ1n) is 8.08. The van der Waals surface area contributed by atoms with E-state index in [1.54, 1.807) is 4.90 Å². The molecule has 1 fully saturated rings. The molecular weight excluding hydrogens is 268 g/mol. The molecule has 0 bridgehead atoms. The lowest BCUT2D eigenvalue weighted by Crippen LogP contribution is -2.70. The molecule has 0 aromatic carbocycles. The number of nitrogens with zero attached hydrogens (tertiary/aromatic N) is 1. The van der Waals surface area contributed by atoms with Crippen LogP contribution in [0.2, 0.25) is 0 Å². The monoisotopic (exact) mass is 298 g/mol. The van der Waals surface area contributed by atoms with Gasteiger partial charge >= 0.3 is 0 Å². The molecule has 2 unspecified atom stereocenters. The van der Waals surface area contributed by atoms with Crippen LogP contribution in [0.5, 0.6) is 0 Å². The zero-order chi connectivity index (χ0) is 16.0. The van der Waals surface area contributed by atoms with Crippen LogP contribution in [0.1, 0.15) is 53.9 Å². The molecule has 5 heteroatoms. The van der Waals surface area contributed by atoms with Gasteiger partial charge in [0.1, 0.15) is 11.6 Å². The summed E-state index contributed by atoms with van der Waals surface area (Å²) in [4.78, 5) is 26.8. The van der Waals surface area contributed by atoms with Gasteiger partial charge in [-0.25, -0.2) is 0 Å². The van der Waals surface area contributed by atoms with Gasteiger partial charge in [0.25, 0.3) is 0 Å². The lowest BCUT2D eigenvalue weighted by Gasteiger charge is -2.45. The molecule has 0 radical (unpaired) electrons. The van der Waals surface area contributed by atoms with E-state index in [2.05, 4.69) is 12.2 Å². The number of carbonyl (C=O) groups is 2. The van der Waals surface area contributed by atoms with Crippen molar-refractivity contribution in [2.45, 2.75) is 65.5 Å². The predicted octanol–water partition coefficient (Wildman–Crippen LogP) is 1.95. The average Bonchev–Trinajstić information content (AvgIpc) is 2.43. The van der Waals surface area contributed by atoms with Gasteiger partial charge in [0.15, 0.2) is 0 Å². The standard InChI is InChI=1S/C16H30N2O3/c1-6-10-21-11-8-9-18-13(12(3)4)14(19)17-16(5,7-2)15(18)20/h12-13H,6-11H2,1-5H3,(H,17,19). The van der Waals surface area contributed by atoms with E-state index in [0.717, 1.165) is 19.4 Å². The van der Waals surface area contributed by atoms with E-state index in [0.29, 0.717) is 19.6 Å². The summed E-state index contributed by atoms with van der Waals surface area (Å²) >= 11 is 0. The van der Waals surface area contributed by atoms with Gasteiger partial charge in [-0.2, -0.15) is 0 Å². The Morgan fingerprint density at radius 1 is 1.29 bits per heavy atom. The van der Waals surface area contributed by atoms with Crippen molar-refractivity contribution in [3.8, 4) is 0 Å². The third kappa shape index (κ3) is 4.19. The number of piperazine rings is 1. The maximum absolute atomic E-state index is 12.7. The summed E-state index contributed by atoms with van der Waals surface area (Å²) in [6.45, 7) is 11.7. The zero-order valence-corrected chi connectivity index (χ0v) is 14.1. The van der Waals surface area contributed by atoms with E-state index in [-0.39, 0.29) is 23.8 Å². The third-order valence-corrected chi connectivity index (χ3v) is 4.11. The zero-order valence-electron chi connectivity index (χ0n) is 14.1. The third-order valence-electron chi connectivity index (χ3n) is 4.11. The van der Waals surface area contributed by atoms with Crippen molar-refractivity contribution in [1.82, 2.24) is 10.2 Å². The maximum Gasteiger partial charge on any atom is 0.248 e. The minimum absolute atomic E-state index is 0.0267. The molecule has 0 aromatic rings. The van der Waals surface area contributed by atoms with E-state index < -0.39 is 5.54 Å². The van der Waals surface area contributed by atoms with Crippen molar-refractivity contribution in [3.63, 3.8) is 0 Å². The minimum Gasteiger partial charge on any atom is -0.381 e. The van der Waals surface area contributed by atoms with Crippen LogP contribution in [0.3, 0.4) is 0 Å². The molecule has 1 rings (SSSR count). The number of nitrogens with one attached hydrogen (secondary N) is 1. The van der Waals surface area contributed by atoms with E-state index in [4.69, 9.17) is 4.74 Å². The molecule has 1 aliphatic rings. The number of carbonyl (C=O) groups excluding carboxylic acids is 2. The number of hydrogen-bond acceptors (Lipinski definition) is 3. The molecule has 0 saturated carbocycles. The largest absolute Gasteiger partial charge is 0.381 e. The fourth-order valence-corrected chi connectivity index (χ4v) is 2.71. The lowest BCUT2D eigenvalue weighted by molar-refractivity contribution is -0.156. The van der Waals surface area contributed by atoms with Gasteiger partial charge in [0.05, 0.1) is 0 Å². The van der Waals surface area contributed by atoms with E-state index in [1.165, 1.54) is 0 Å². The van der Waals surface area contributed by atoms with E-state index in [1.807, 2.05) is 27.7 Å². The average molecular weight is 298 g/mol. The van der Waals surface area contributed by atoms with Crippen LogP contribution in [-0.4, -0.2) is 48.1 Å². The summed E-state index contributed by atoms with van der Waals surface area (Å²) in [5, 5.41) is 2.90. The second kappa shape index (κ2) is 7.78. The Labute approximate surface area is 128 Å². The molecule has 0 aliphatic carbocycles. The van der Waals surface area contributed by atoms with Crippen LogP contribution >= 0.6 is 0 Å². The summed E-state index contributed by atoms with van der Waals surface area (Å²) in [5.41, 5.74) is -0.771. The molecule has 21 heavy (non-hydrogen) atoms. The smallest absolute Gasteiger partial charge is 0.248 e. The molecule has 1 aliphatic heterocycles. The number of rotatable bonds is 8. The van der Waals surface area contributed by atoms with E-state index in [9.17, 15) is 9.59 Å². The van der Waals surface area contributed by atoms with Crippen LogP contribution in [0.25, 0.3) is 0 Å². The number of ether oxygens (including phenoxy) is 1. The van der Waals surface area contributed by atoms with Crippen LogP contribution in [0.15, 0.2) is 0 Å². The Morgan fingerprint density at radius 3 is 2.48 bits per heavy atom. The highest BCUT2D eigenvalue weighted by atomic mass is 16.5. The second-order valence-electron chi connectivity index (χ2n) is 6.33. The van der Waals surface area contributed by atoms with Crippen LogP contribution < -0.4 is 5.32 Å². The molecule has 122 valence electrons. The van der Waals surface area contributed by atoms with E-state index >= 15 is 0 Å². The first-order valence-corrected chi connectivity index (χ1v) is 8.08. The highest BCUT2D eigenvalue weighted by Gasteiger charge is 2.47. The first kappa shape index (κ1) is 18.0. The van der Waals surface area contributed by atoms with Gasteiger partial charge in [-0.05, 0) is 32.1 Å². The van der Waals surface area contributed by atoms with Crippen molar-refractivity contribution in [3.05, 3.63) is 0 Å². The van der Waals surface area contributed by atoms with Gasteiger partial charge in [-0.1, -0.05) is 27.7 Å². The van der Waals surface area contributed by atoms with Crippen LogP contribution in [0.4, 0.5) is 0 Å². The van der Waals surface area contributed by atoms with Gasteiger partial charge in [0.2, 0.25) is 11.8 Å². The van der Waals surface area contributed by atoms with Crippen LogP contribution in [0, 0.1) is 5.92 Å². The Bertz CT molecular complexity index is 371. The van der Waals surface area contributed by atoms with Crippen LogP contribution in [-0.2, 0) is 14.3 Å². The Kier molecular flexibility index (Phi) is 6.65. The second-order valence-corrected chi connectivity index (χ2v) is 6.33. The molecule has 0 aromatic heterocycles. The summed E-state index contributed by atoms with van der Waals surface area (Å²) in [5.74, 6) is 0.0918. The molecule has 5 nitrogen and oxygen atoms in total. The Hall–Kier alpha value is -1.10. The predicted molar refractivity (Wildman–Crippen MR) is 82.9 cm³/mol. The fraction of sp³-hybridized carbons (Fsp3) is 0.875. The SMILES string of the molecule is CCCOCCCN1C(=O)C(C)(CC)NC(=O)C1C(C)C. The van der Waals surface area contributed by atoms with Gasteiger partial charge in [-0.3, -0.25) is 9.59 Å². The fourth-order valence-electron chi connectivity index (χ4n) is 2.71. The molecule has 2 atom stereocenters. The highest BCUT2D eigenvalue weighted by Crippen LogP contribution is 2.25. The molecule has 1 heterocycles. The summed E-state index contributed by atoms with van der Waals surface area (Å²) in [6.07, 6.45) is 2.36. The van der Waals surface area contributed by atoms with Crippen molar-refractivity contribution in [1.29, 1.82) is 0 Å². The number of amides is 2. The summed E-state index contributed by atoms with van der Waals surface area (Å²) in [6, 6.07) is -0.372. The topological polar surface area (TPSA) is 58.6 Å². The summed E-state index contributed by atoms with van der Waals surface area (Å²) in [7, 11) is 0. The summed E-state index contributed by atoms with van der Waals surface area (Å²) < 4.78 is 5.47. The highest BCUT2D eigenvalue weighted by molar-refractivity contribution is 5.99. The lowest BCUT2D eigenvalue weighted by atomic mass is 9.88. The van der Waals surface area contributed by atoms with Gasteiger partial charge in [0, 0.05) is 19.8 Å². The van der Waals surface area contributed by atoms with Gasteiger partial charge < -0.3 is 15.0 Å². The van der Waals surface area contributed by atoms with Crippen molar-refractivity contribution in [2.75, 3.05) is 19.8 Å². The first-order chi connectivity index (χ1) is 9.87. The number of hydrogen-bond donors (Lipinski definition) is 1. The minimum atomic E-state index is -0.771. The Morgan fingerprint density at radius 2 is 1.95 bits per heavy atom. The molecule has 1 N–H and O–H groups in total. The molecule has 2 amide bonds. The quantitative estimate of drug-likeness (QED) is 0.697. The van der Waals surface area contributed by atoms with Crippen molar-refractivity contribution < 1.29 is 14.3 Å². The normalized spacial score (nSPS) is 26.4.